The van der Waals surface area contributed by atoms with Crippen LogP contribution in [0.15, 0.2) is 23.8 Å². The quantitative estimate of drug-likeness (QED) is 0.477. The highest BCUT2D eigenvalue weighted by Crippen LogP contribution is 2.33. The topological polar surface area (TPSA) is 0 Å². The van der Waals surface area contributed by atoms with Crippen LogP contribution in [0, 0.1) is 5.92 Å². The Balaban J connectivity index is 2.14. The van der Waals surface area contributed by atoms with Crippen LogP contribution in [-0.4, -0.2) is 0 Å². The first-order chi connectivity index (χ1) is 4.97. The third kappa shape index (κ3) is 1.03. The second-order valence-corrected chi connectivity index (χ2v) is 3.35. The van der Waals surface area contributed by atoms with E-state index in [9.17, 15) is 0 Å². The molecule has 10 heavy (non-hydrogen) atoms. The van der Waals surface area contributed by atoms with Gasteiger partial charge < -0.3 is 0 Å². The van der Waals surface area contributed by atoms with Crippen LogP contribution in [-0.2, 0) is 0 Å². The Morgan fingerprint density at radius 2 is 2.30 bits per heavy atom. The summed E-state index contributed by atoms with van der Waals surface area (Å²) < 4.78 is 0. The number of hydrogen-bond acceptors (Lipinski definition) is 0. The Labute approximate surface area is 62.6 Å². The number of hydrogen-bond donors (Lipinski definition) is 0. The van der Waals surface area contributed by atoms with E-state index in [1.54, 1.807) is 5.57 Å². The molecule has 0 aliphatic heterocycles. The van der Waals surface area contributed by atoms with E-state index in [1.165, 1.54) is 32.1 Å². The summed E-state index contributed by atoms with van der Waals surface area (Å²) >= 11 is 0. The van der Waals surface area contributed by atoms with Gasteiger partial charge in [0.15, 0.2) is 0 Å². The minimum atomic E-state index is 0.929. The molecule has 0 aromatic heterocycles. The summed E-state index contributed by atoms with van der Waals surface area (Å²) in [5.41, 5.74) is 1.72. The predicted octanol–water partition coefficient (Wildman–Crippen LogP) is 3.06. The minimum Gasteiger partial charge on any atom is -0.0839 e. The molecule has 0 saturated heterocycles. The van der Waals surface area contributed by atoms with Crippen LogP contribution < -0.4 is 0 Å². The zero-order valence-electron chi connectivity index (χ0n) is 6.34. The fourth-order valence-electron chi connectivity index (χ4n) is 2.03. The summed E-state index contributed by atoms with van der Waals surface area (Å²) in [6, 6.07) is 0. The van der Waals surface area contributed by atoms with E-state index in [1.807, 2.05) is 0 Å². The first-order valence-corrected chi connectivity index (χ1v) is 4.32. The largest absolute Gasteiger partial charge is 0.0839 e. The monoisotopic (exact) mass is 134 g/mol. The number of rotatable bonds is 0. The highest BCUT2D eigenvalue weighted by Gasteiger charge is 2.18. The molecule has 0 unspecified atom stereocenters. The molecule has 0 amide bonds. The van der Waals surface area contributed by atoms with Crippen molar-refractivity contribution in [3.8, 4) is 0 Å². The predicted molar refractivity (Wildman–Crippen MR) is 43.8 cm³/mol. The molecule has 2 aliphatic rings. The molecule has 0 spiro atoms. The third-order valence-corrected chi connectivity index (χ3v) is 2.66. The van der Waals surface area contributed by atoms with Crippen LogP contribution in [0.3, 0.4) is 0 Å². The summed E-state index contributed by atoms with van der Waals surface area (Å²) in [5, 5.41) is 0. The molecule has 1 atom stereocenters. The third-order valence-electron chi connectivity index (χ3n) is 2.66. The van der Waals surface area contributed by atoms with E-state index in [2.05, 4.69) is 18.2 Å². The van der Waals surface area contributed by atoms with Gasteiger partial charge in [-0.05, 0) is 31.6 Å². The molecule has 0 heteroatoms. The number of allylic oxidation sites excluding steroid dienone is 4. The van der Waals surface area contributed by atoms with Gasteiger partial charge in [-0.3, -0.25) is 0 Å². The van der Waals surface area contributed by atoms with Gasteiger partial charge in [-0.2, -0.15) is 0 Å². The lowest BCUT2D eigenvalue weighted by atomic mass is 9.80. The molecule has 0 heterocycles. The second-order valence-electron chi connectivity index (χ2n) is 3.35. The molecule has 1 fully saturated rings. The highest BCUT2D eigenvalue weighted by atomic mass is 14.2. The van der Waals surface area contributed by atoms with Crippen molar-refractivity contribution in [1.29, 1.82) is 0 Å². The Morgan fingerprint density at radius 1 is 1.30 bits per heavy atom. The zero-order chi connectivity index (χ0) is 6.81. The van der Waals surface area contributed by atoms with Gasteiger partial charge in [0.1, 0.15) is 0 Å². The lowest BCUT2D eigenvalue weighted by molar-refractivity contribution is 0.453. The van der Waals surface area contributed by atoms with E-state index in [0.29, 0.717) is 0 Å². The van der Waals surface area contributed by atoms with Gasteiger partial charge in [0.05, 0.1) is 0 Å². The normalized spacial score (nSPS) is 31.2. The van der Waals surface area contributed by atoms with E-state index in [0.717, 1.165) is 5.92 Å². The molecule has 2 aliphatic carbocycles. The maximum Gasteiger partial charge on any atom is -0.0165 e. The Hall–Kier alpha value is -0.520. The molecule has 54 valence electrons. The minimum absolute atomic E-state index is 0.929. The van der Waals surface area contributed by atoms with E-state index in [-0.39, 0.29) is 0 Å². The Kier molecular flexibility index (Phi) is 1.62. The van der Waals surface area contributed by atoms with Crippen molar-refractivity contribution in [1.82, 2.24) is 0 Å². The van der Waals surface area contributed by atoms with E-state index < -0.39 is 0 Å². The summed E-state index contributed by atoms with van der Waals surface area (Å²) in [6.07, 6.45) is 13.9. The molecule has 1 saturated carbocycles. The van der Waals surface area contributed by atoms with Crippen molar-refractivity contribution < 1.29 is 0 Å². The summed E-state index contributed by atoms with van der Waals surface area (Å²) in [5.74, 6) is 0.929. The van der Waals surface area contributed by atoms with Gasteiger partial charge in [-0.1, -0.05) is 30.2 Å². The zero-order valence-corrected chi connectivity index (χ0v) is 6.34. The molecule has 0 bridgehead atoms. The SMILES string of the molecule is C1=CC[C@H]2CCCCC2=C1. The number of fused-ring (bicyclic) bond motifs is 1. The molecular formula is C10H14. The van der Waals surface area contributed by atoms with Crippen molar-refractivity contribution in [2.24, 2.45) is 5.92 Å². The van der Waals surface area contributed by atoms with Gasteiger partial charge in [0, 0.05) is 0 Å². The Bertz CT molecular complexity index is 174. The fourth-order valence-corrected chi connectivity index (χ4v) is 2.03. The Morgan fingerprint density at radius 3 is 3.20 bits per heavy atom. The van der Waals surface area contributed by atoms with Gasteiger partial charge in [-0.25, -0.2) is 0 Å². The van der Waals surface area contributed by atoms with Crippen molar-refractivity contribution in [3.63, 3.8) is 0 Å². The average Bonchev–Trinajstić information content (AvgIpc) is 2.05. The van der Waals surface area contributed by atoms with Gasteiger partial charge >= 0.3 is 0 Å². The summed E-state index contributed by atoms with van der Waals surface area (Å²) in [7, 11) is 0. The van der Waals surface area contributed by atoms with Crippen LogP contribution in [0.4, 0.5) is 0 Å². The maximum absolute atomic E-state index is 2.33. The molecule has 0 N–H and O–H groups in total. The molecule has 0 aromatic rings. The second kappa shape index (κ2) is 2.61. The smallest absolute Gasteiger partial charge is 0.0165 e. The van der Waals surface area contributed by atoms with Crippen LogP contribution in [0.1, 0.15) is 32.1 Å². The van der Waals surface area contributed by atoms with Crippen molar-refractivity contribution in [2.75, 3.05) is 0 Å². The van der Waals surface area contributed by atoms with Crippen molar-refractivity contribution in [3.05, 3.63) is 23.8 Å². The lowest BCUT2D eigenvalue weighted by Gasteiger charge is -2.25. The fraction of sp³-hybridized carbons (Fsp3) is 0.600. The van der Waals surface area contributed by atoms with Gasteiger partial charge in [0.2, 0.25) is 0 Å². The molecule has 0 radical (unpaired) electrons. The maximum atomic E-state index is 2.33. The molecule has 2 rings (SSSR count). The lowest BCUT2D eigenvalue weighted by Crippen LogP contribution is -2.10. The average molecular weight is 134 g/mol. The van der Waals surface area contributed by atoms with Crippen LogP contribution in [0.2, 0.25) is 0 Å². The first-order valence-electron chi connectivity index (χ1n) is 4.32. The van der Waals surface area contributed by atoms with Crippen molar-refractivity contribution >= 4 is 0 Å². The summed E-state index contributed by atoms with van der Waals surface area (Å²) in [4.78, 5) is 0. The highest BCUT2D eigenvalue weighted by molar-refractivity contribution is 5.21. The van der Waals surface area contributed by atoms with Crippen LogP contribution >= 0.6 is 0 Å². The van der Waals surface area contributed by atoms with E-state index in [4.69, 9.17) is 0 Å². The summed E-state index contributed by atoms with van der Waals surface area (Å²) in [6.45, 7) is 0. The van der Waals surface area contributed by atoms with Gasteiger partial charge in [-0.15, -0.1) is 0 Å². The molecule has 0 aromatic carbocycles. The standard InChI is InChI=1S/C10H14/c1-2-6-10-8-4-3-7-9(10)5-1/h1-2,5,10H,3-4,6-8H2/t10-/m0/s1. The van der Waals surface area contributed by atoms with Gasteiger partial charge in [0.25, 0.3) is 0 Å². The van der Waals surface area contributed by atoms with Crippen LogP contribution in [0.5, 0.6) is 0 Å². The molecular weight excluding hydrogens is 120 g/mol. The van der Waals surface area contributed by atoms with Crippen molar-refractivity contribution in [2.45, 2.75) is 32.1 Å². The first kappa shape index (κ1) is 6.21. The van der Waals surface area contributed by atoms with Crippen LogP contribution in [0.25, 0.3) is 0 Å². The molecule has 0 nitrogen and oxygen atoms in total. The van der Waals surface area contributed by atoms with E-state index >= 15 is 0 Å².